The van der Waals surface area contributed by atoms with E-state index in [2.05, 4.69) is 27.6 Å². The van der Waals surface area contributed by atoms with Crippen molar-refractivity contribution in [2.24, 2.45) is 0 Å². The summed E-state index contributed by atoms with van der Waals surface area (Å²) in [5.74, 6) is 0. The molecule has 0 aliphatic heterocycles. The van der Waals surface area contributed by atoms with E-state index < -0.39 is 11.7 Å². The highest BCUT2D eigenvalue weighted by Crippen LogP contribution is 2.29. The number of benzene rings is 1. The van der Waals surface area contributed by atoms with Crippen LogP contribution in [0.1, 0.15) is 11.1 Å². The molecule has 0 unspecified atom stereocenters. The Bertz CT molecular complexity index is 517. The zero-order valence-electron chi connectivity index (χ0n) is 9.28. The Kier molecular flexibility index (Phi) is 3.94. The molecule has 0 atom stereocenters. The smallest absolute Gasteiger partial charge is 0.326 e. The zero-order chi connectivity index (χ0) is 13.2. The minimum absolute atomic E-state index is 0.608. The molecule has 1 aromatic heterocycles. The van der Waals surface area contributed by atoms with Crippen LogP contribution in [0.3, 0.4) is 0 Å². The molecule has 2 rings (SSSR count). The standard InChI is InChI=1S/C12H10F3IN2/c13-12(14,15)10-3-1-9(2-4-10)5-7-18-8-6-17-11(18)16/h1-4,6,8H,5,7H2. The van der Waals surface area contributed by atoms with Crippen LogP contribution in [0.5, 0.6) is 0 Å². The van der Waals surface area contributed by atoms with Crippen molar-refractivity contribution in [1.82, 2.24) is 9.55 Å². The molecule has 18 heavy (non-hydrogen) atoms. The number of aromatic nitrogens is 2. The van der Waals surface area contributed by atoms with Crippen molar-refractivity contribution in [3.63, 3.8) is 0 Å². The first-order valence-electron chi connectivity index (χ1n) is 5.29. The first-order valence-corrected chi connectivity index (χ1v) is 6.37. The molecule has 0 amide bonds. The Balaban J connectivity index is 2.01. The summed E-state index contributed by atoms with van der Waals surface area (Å²) in [5, 5.41) is 0. The number of imidazole rings is 1. The van der Waals surface area contributed by atoms with Gasteiger partial charge in [-0.15, -0.1) is 0 Å². The number of rotatable bonds is 3. The second-order valence-corrected chi connectivity index (χ2v) is 4.80. The monoisotopic (exact) mass is 366 g/mol. The highest BCUT2D eigenvalue weighted by Gasteiger charge is 2.29. The number of hydrogen-bond donors (Lipinski definition) is 0. The van der Waals surface area contributed by atoms with Crippen LogP contribution in [0.15, 0.2) is 36.7 Å². The van der Waals surface area contributed by atoms with Crippen LogP contribution >= 0.6 is 22.6 Å². The molecule has 1 heterocycles. The van der Waals surface area contributed by atoms with Crippen molar-refractivity contribution in [3.05, 3.63) is 51.6 Å². The third-order valence-electron chi connectivity index (χ3n) is 2.59. The predicted molar refractivity (Wildman–Crippen MR) is 70.1 cm³/mol. The van der Waals surface area contributed by atoms with Gasteiger partial charge in [0, 0.05) is 18.9 Å². The maximum atomic E-state index is 12.4. The average Bonchev–Trinajstić information content (AvgIpc) is 2.72. The molecule has 0 saturated carbocycles. The molecule has 0 N–H and O–H groups in total. The molecule has 0 aliphatic carbocycles. The lowest BCUT2D eigenvalue weighted by Crippen LogP contribution is -2.05. The quantitative estimate of drug-likeness (QED) is 0.757. The van der Waals surface area contributed by atoms with Crippen LogP contribution in [0, 0.1) is 3.83 Å². The summed E-state index contributed by atoms with van der Waals surface area (Å²) in [6.45, 7) is 0.712. The van der Waals surface area contributed by atoms with Crippen molar-refractivity contribution in [1.29, 1.82) is 0 Å². The number of alkyl halides is 3. The molecule has 0 aliphatic rings. The van der Waals surface area contributed by atoms with E-state index in [-0.39, 0.29) is 0 Å². The van der Waals surface area contributed by atoms with Gasteiger partial charge in [0.2, 0.25) is 0 Å². The average molecular weight is 366 g/mol. The summed E-state index contributed by atoms with van der Waals surface area (Å²) in [7, 11) is 0. The lowest BCUT2D eigenvalue weighted by molar-refractivity contribution is -0.137. The van der Waals surface area contributed by atoms with Gasteiger partial charge in [-0.25, -0.2) is 4.98 Å². The van der Waals surface area contributed by atoms with Crippen LogP contribution in [-0.4, -0.2) is 9.55 Å². The fraction of sp³-hybridized carbons (Fsp3) is 0.250. The molecule has 2 nitrogen and oxygen atoms in total. The topological polar surface area (TPSA) is 17.8 Å². The van der Waals surface area contributed by atoms with E-state index in [9.17, 15) is 13.2 Å². The van der Waals surface area contributed by atoms with Crippen molar-refractivity contribution in [2.45, 2.75) is 19.1 Å². The lowest BCUT2D eigenvalue weighted by Gasteiger charge is -2.08. The van der Waals surface area contributed by atoms with Gasteiger partial charge in [-0.2, -0.15) is 13.2 Å². The highest BCUT2D eigenvalue weighted by atomic mass is 127. The highest BCUT2D eigenvalue weighted by molar-refractivity contribution is 14.1. The second-order valence-electron chi connectivity index (χ2n) is 3.83. The van der Waals surface area contributed by atoms with Crippen molar-refractivity contribution < 1.29 is 13.2 Å². The van der Waals surface area contributed by atoms with Crippen LogP contribution < -0.4 is 0 Å². The van der Waals surface area contributed by atoms with E-state index in [1.807, 2.05) is 10.8 Å². The Morgan fingerprint density at radius 1 is 1.17 bits per heavy atom. The maximum absolute atomic E-state index is 12.4. The van der Waals surface area contributed by atoms with E-state index in [1.54, 1.807) is 6.20 Å². The van der Waals surface area contributed by atoms with Crippen LogP contribution in [-0.2, 0) is 19.1 Å². The van der Waals surface area contributed by atoms with Gasteiger partial charge < -0.3 is 4.57 Å². The van der Waals surface area contributed by atoms with E-state index in [4.69, 9.17) is 0 Å². The van der Waals surface area contributed by atoms with Gasteiger partial charge >= 0.3 is 6.18 Å². The number of nitrogens with zero attached hydrogens (tertiary/aromatic N) is 2. The molecule has 0 radical (unpaired) electrons. The van der Waals surface area contributed by atoms with Gasteiger partial charge in [0.05, 0.1) is 5.56 Å². The van der Waals surface area contributed by atoms with E-state index >= 15 is 0 Å². The van der Waals surface area contributed by atoms with Crippen molar-refractivity contribution >= 4 is 22.6 Å². The van der Waals surface area contributed by atoms with Gasteiger partial charge in [0.15, 0.2) is 3.83 Å². The molecular formula is C12H10F3IN2. The molecule has 96 valence electrons. The zero-order valence-corrected chi connectivity index (χ0v) is 11.4. The number of hydrogen-bond acceptors (Lipinski definition) is 1. The van der Waals surface area contributed by atoms with E-state index in [1.165, 1.54) is 12.1 Å². The fourth-order valence-electron chi connectivity index (χ4n) is 1.59. The normalized spacial score (nSPS) is 11.8. The number of aryl methyl sites for hydroxylation is 2. The van der Waals surface area contributed by atoms with Crippen LogP contribution in [0.2, 0.25) is 0 Å². The summed E-state index contributed by atoms with van der Waals surface area (Å²) in [5.41, 5.74) is 0.274. The third-order valence-corrected chi connectivity index (χ3v) is 3.49. The van der Waals surface area contributed by atoms with E-state index in [0.717, 1.165) is 21.5 Å². The third kappa shape index (κ3) is 3.24. The molecule has 6 heteroatoms. The molecular weight excluding hydrogens is 356 g/mol. The second kappa shape index (κ2) is 5.29. The molecule has 0 fully saturated rings. The van der Waals surface area contributed by atoms with Gasteiger partial charge in [-0.1, -0.05) is 12.1 Å². The minimum Gasteiger partial charge on any atom is -0.326 e. The minimum atomic E-state index is -4.27. The molecule has 0 saturated heterocycles. The molecule has 0 bridgehead atoms. The summed E-state index contributed by atoms with van der Waals surface area (Å²) >= 11 is 2.12. The van der Waals surface area contributed by atoms with Gasteiger partial charge in [-0.3, -0.25) is 0 Å². The van der Waals surface area contributed by atoms with Crippen LogP contribution in [0.4, 0.5) is 13.2 Å². The predicted octanol–water partition coefficient (Wildman–Crippen LogP) is 3.75. The van der Waals surface area contributed by atoms with E-state index in [0.29, 0.717) is 13.0 Å². The largest absolute Gasteiger partial charge is 0.416 e. The molecule has 0 spiro atoms. The number of halogens is 4. The summed E-state index contributed by atoms with van der Waals surface area (Å²) in [4.78, 5) is 4.08. The summed E-state index contributed by atoms with van der Waals surface area (Å²) in [6, 6.07) is 5.28. The summed E-state index contributed by atoms with van der Waals surface area (Å²) < 4.78 is 39.9. The van der Waals surface area contributed by atoms with Gasteiger partial charge in [-0.05, 0) is 46.7 Å². The Hall–Kier alpha value is -1.05. The first kappa shape index (κ1) is 13.4. The lowest BCUT2D eigenvalue weighted by atomic mass is 10.1. The first-order chi connectivity index (χ1) is 8.47. The molecule has 1 aromatic carbocycles. The molecule has 2 aromatic rings. The van der Waals surface area contributed by atoms with Gasteiger partial charge in [0.25, 0.3) is 0 Å². The summed E-state index contributed by atoms with van der Waals surface area (Å²) in [6.07, 6.45) is -0.0247. The van der Waals surface area contributed by atoms with Crippen molar-refractivity contribution in [3.8, 4) is 0 Å². The fourth-order valence-corrected chi connectivity index (χ4v) is 2.15. The van der Waals surface area contributed by atoms with Crippen molar-refractivity contribution in [2.75, 3.05) is 0 Å². The maximum Gasteiger partial charge on any atom is 0.416 e. The Labute approximate surface area is 116 Å². The SMILES string of the molecule is FC(F)(F)c1ccc(CCn2ccnc2I)cc1. The van der Waals surface area contributed by atoms with Crippen LogP contribution in [0.25, 0.3) is 0 Å². The van der Waals surface area contributed by atoms with Gasteiger partial charge in [0.1, 0.15) is 0 Å². The Morgan fingerprint density at radius 2 is 1.83 bits per heavy atom. The Morgan fingerprint density at radius 3 is 2.33 bits per heavy atom.